The molecular weight excluding hydrogens is 258 g/mol. The number of aryl methyl sites for hydroxylation is 1. The van der Waals surface area contributed by atoms with E-state index in [2.05, 4.69) is 10.3 Å². The lowest BCUT2D eigenvalue weighted by atomic mass is 10.1. The number of ether oxygens (including phenoxy) is 1. The van der Waals surface area contributed by atoms with Crippen molar-refractivity contribution in [1.29, 1.82) is 0 Å². The molecule has 0 aliphatic rings. The van der Waals surface area contributed by atoms with Gasteiger partial charge in [-0.1, -0.05) is 0 Å². The number of carbonyl (C=O) groups is 1. The van der Waals surface area contributed by atoms with E-state index in [1.165, 1.54) is 19.2 Å². The van der Waals surface area contributed by atoms with Gasteiger partial charge in [-0.15, -0.1) is 0 Å². The molecule has 0 radical (unpaired) electrons. The van der Waals surface area contributed by atoms with Crippen molar-refractivity contribution in [3.05, 3.63) is 42.0 Å². The molecule has 20 heavy (non-hydrogen) atoms. The van der Waals surface area contributed by atoms with E-state index in [1.54, 1.807) is 12.3 Å². The van der Waals surface area contributed by atoms with Gasteiger partial charge in [0.05, 0.1) is 12.7 Å². The van der Waals surface area contributed by atoms with E-state index in [9.17, 15) is 9.90 Å². The second kappa shape index (κ2) is 6.10. The van der Waals surface area contributed by atoms with Crippen LogP contribution in [0.1, 0.15) is 16.2 Å². The van der Waals surface area contributed by atoms with Crippen LogP contribution >= 0.6 is 0 Å². The predicted octanol–water partition coefficient (Wildman–Crippen LogP) is 1.11. The number of nitrogens with one attached hydrogen (secondary N) is 1. The third-order valence-corrected chi connectivity index (χ3v) is 3.00. The molecule has 106 valence electrons. The van der Waals surface area contributed by atoms with E-state index in [4.69, 9.17) is 4.74 Å². The summed E-state index contributed by atoms with van der Waals surface area (Å²) >= 11 is 0. The minimum atomic E-state index is -0.320. The summed E-state index contributed by atoms with van der Waals surface area (Å²) in [7, 11) is 3.40. The maximum atomic E-state index is 11.9. The second-order valence-corrected chi connectivity index (χ2v) is 4.34. The number of aromatic nitrogens is 2. The van der Waals surface area contributed by atoms with Gasteiger partial charge in [-0.2, -0.15) is 0 Å². The Morgan fingerprint density at radius 1 is 1.50 bits per heavy atom. The maximum Gasteiger partial charge on any atom is 0.255 e. The first-order valence-corrected chi connectivity index (χ1v) is 6.23. The molecule has 0 atom stereocenters. The molecule has 6 nitrogen and oxygen atoms in total. The average Bonchev–Trinajstić information content (AvgIpc) is 2.84. The summed E-state index contributed by atoms with van der Waals surface area (Å²) in [5.41, 5.74) is 0.227. The van der Waals surface area contributed by atoms with Crippen LogP contribution in [-0.2, 0) is 13.5 Å². The van der Waals surface area contributed by atoms with Crippen molar-refractivity contribution >= 4 is 5.91 Å². The van der Waals surface area contributed by atoms with Gasteiger partial charge in [-0.05, 0) is 12.1 Å². The van der Waals surface area contributed by atoms with E-state index in [1.807, 2.05) is 17.8 Å². The molecule has 2 rings (SSSR count). The van der Waals surface area contributed by atoms with Crippen molar-refractivity contribution in [3.8, 4) is 11.5 Å². The number of benzene rings is 1. The fraction of sp³-hybridized carbons (Fsp3) is 0.286. The van der Waals surface area contributed by atoms with Crippen LogP contribution in [0.2, 0.25) is 0 Å². The third-order valence-electron chi connectivity index (χ3n) is 3.00. The van der Waals surface area contributed by atoms with Crippen LogP contribution in [0.25, 0.3) is 0 Å². The van der Waals surface area contributed by atoms with Crippen molar-refractivity contribution in [2.24, 2.45) is 7.05 Å². The predicted molar refractivity (Wildman–Crippen MR) is 73.9 cm³/mol. The summed E-state index contributed by atoms with van der Waals surface area (Å²) < 4.78 is 6.87. The minimum absolute atomic E-state index is 0.0983. The number of amides is 1. The molecule has 0 bridgehead atoms. The largest absolute Gasteiger partial charge is 0.507 e. The lowest BCUT2D eigenvalue weighted by Crippen LogP contribution is -2.26. The molecular formula is C14H17N3O3. The Bertz CT molecular complexity index is 607. The van der Waals surface area contributed by atoms with Crippen LogP contribution in [0.3, 0.4) is 0 Å². The van der Waals surface area contributed by atoms with Gasteiger partial charge in [0.25, 0.3) is 5.91 Å². The number of nitrogens with zero attached hydrogens (tertiary/aromatic N) is 2. The van der Waals surface area contributed by atoms with Gasteiger partial charge in [-0.3, -0.25) is 4.79 Å². The van der Waals surface area contributed by atoms with Gasteiger partial charge in [0.2, 0.25) is 0 Å². The number of phenols is 1. The highest BCUT2D eigenvalue weighted by Gasteiger charge is 2.11. The van der Waals surface area contributed by atoms with Crippen LogP contribution in [0, 0.1) is 0 Å². The maximum absolute atomic E-state index is 11.9. The standard InChI is InChI=1S/C14H17N3O3/c1-17-8-7-15-13(17)5-6-16-14(19)11-4-3-10(20-2)9-12(11)18/h3-4,7-9,18H,5-6H2,1-2H3,(H,16,19). The molecule has 0 unspecified atom stereocenters. The molecule has 2 aromatic rings. The number of phenolic OH excluding ortho intramolecular Hbond substituents is 1. The van der Waals surface area contributed by atoms with Gasteiger partial charge in [0.1, 0.15) is 17.3 Å². The third kappa shape index (κ3) is 3.09. The smallest absolute Gasteiger partial charge is 0.255 e. The molecule has 0 aliphatic carbocycles. The second-order valence-electron chi connectivity index (χ2n) is 4.34. The highest BCUT2D eigenvalue weighted by molar-refractivity contribution is 5.96. The summed E-state index contributed by atoms with van der Waals surface area (Å²) in [5, 5.41) is 12.5. The topological polar surface area (TPSA) is 76.4 Å². The van der Waals surface area contributed by atoms with E-state index < -0.39 is 0 Å². The zero-order valence-corrected chi connectivity index (χ0v) is 11.5. The summed E-state index contributed by atoms with van der Waals surface area (Å²) in [5.74, 6) is 0.981. The molecule has 1 amide bonds. The Kier molecular flexibility index (Phi) is 4.24. The van der Waals surface area contributed by atoms with Gasteiger partial charge in [0.15, 0.2) is 0 Å². The molecule has 1 aromatic carbocycles. The number of carbonyl (C=O) groups excluding carboxylic acids is 1. The Balaban J connectivity index is 1.93. The van der Waals surface area contributed by atoms with E-state index in [0.29, 0.717) is 18.7 Å². The molecule has 0 saturated heterocycles. The van der Waals surface area contributed by atoms with Crippen molar-refractivity contribution in [2.75, 3.05) is 13.7 Å². The van der Waals surface area contributed by atoms with Crippen LogP contribution < -0.4 is 10.1 Å². The minimum Gasteiger partial charge on any atom is -0.507 e. The van der Waals surface area contributed by atoms with Gasteiger partial charge in [-0.25, -0.2) is 4.98 Å². The van der Waals surface area contributed by atoms with E-state index in [0.717, 1.165) is 5.82 Å². The average molecular weight is 275 g/mol. The van der Waals surface area contributed by atoms with Crippen LogP contribution in [-0.4, -0.2) is 34.2 Å². The number of imidazole rings is 1. The summed E-state index contributed by atoms with van der Waals surface area (Å²) in [6, 6.07) is 4.57. The highest BCUT2D eigenvalue weighted by atomic mass is 16.5. The first kappa shape index (κ1) is 13.9. The summed E-state index contributed by atoms with van der Waals surface area (Å²) in [4.78, 5) is 16.1. The number of hydrogen-bond acceptors (Lipinski definition) is 4. The quantitative estimate of drug-likeness (QED) is 0.857. The Hall–Kier alpha value is -2.50. The van der Waals surface area contributed by atoms with E-state index in [-0.39, 0.29) is 17.2 Å². The number of aromatic hydroxyl groups is 1. The molecule has 0 spiro atoms. The molecule has 1 aromatic heterocycles. The molecule has 0 aliphatic heterocycles. The lowest BCUT2D eigenvalue weighted by Gasteiger charge is -2.08. The zero-order chi connectivity index (χ0) is 14.5. The normalized spacial score (nSPS) is 10.3. The van der Waals surface area contributed by atoms with Crippen molar-refractivity contribution in [1.82, 2.24) is 14.9 Å². The molecule has 1 heterocycles. The fourth-order valence-corrected chi connectivity index (χ4v) is 1.85. The fourth-order valence-electron chi connectivity index (χ4n) is 1.85. The lowest BCUT2D eigenvalue weighted by molar-refractivity contribution is 0.0951. The van der Waals surface area contributed by atoms with Gasteiger partial charge < -0.3 is 19.7 Å². The molecule has 6 heteroatoms. The molecule has 2 N–H and O–H groups in total. The summed E-state index contributed by atoms with van der Waals surface area (Å²) in [6.07, 6.45) is 4.20. The first-order valence-electron chi connectivity index (χ1n) is 6.23. The Morgan fingerprint density at radius 3 is 2.90 bits per heavy atom. The Morgan fingerprint density at radius 2 is 2.30 bits per heavy atom. The first-order chi connectivity index (χ1) is 9.61. The van der Waals surface area contributed by atoms with Gasteiger partial charge in [0, 0.05) is 38.5 Å². The van der Waals surface area contributed by atoms with Crippen LogP contribution in [0.4, 0.5) is 0 Å². The zero-order valence-electron chi connectivity index (χ0n) is 11.5. The molecule has 0 saturated carbocycles. The number of methoxy groups -OCH3 is 1. The number of hydrogen-bond donors (Lipinski definition) is 2. The monoisotopic (exact) mass is 275 g/mol. The van der Waals surface area contributed by atoms with Crippen molar-refractivity contribution in [3.63, 3.8) is 0 Å². The van der Waals surface area contributed by atoms with Crippen molar-refractivity contribution < 1.29 is 14.6 Å². The molecule has 0 fully saturated rings. The van der Waals surface area contributed by atoms with Crippen molar-refractivity contribution in [2.45, 2.75) is 6.42 Å². The van der Waals surface area contributed by atoms with Crippen LogP contribution in [0.15, 0.2) is 30.6 Å². The SMILES string of the molecule is COc1ccc(C(=O)NCCc2nccn2C)c(O)c1. The summed E-state index contributed by atoms with van der Waals surface area (Å²) in [6.45, 7) is 0.454. The Labute approximate surface area is 117 Å². The van der Waals surface area contributed by atoms with Crippen LogP contribution in [0.5, 0.6) is 11.5 Å². The highest BCUT2D eigenvalue weighted by Crippen LogP contribution is 2.23. The van der Waals surface area contributed by atoms with Gasteiger partial charge >= 0.3 is 0 Å². The van der Waals surface area contributed by atoms with E-state index >= 15 is 0 Å². The number of rotatable bonds is 5.